The summed E-state index contributed by atoms with van der Waals surface area (Å²) in [7, 11) is 0. The number of carbonyl (C=O) groups is 1. The highest BCUT2D eigenvalue weighted by molar-refractivity contribution is 9.10. The van der Waals surface area contributed by atoms with Crippen LogP contribution in [0.4, 0.5) is 5.69 Å². The standard InChI is InChI=1S/C17H14BrN3O3S/c1-2-8-20-14-7-6-13(21(23)24)10-15(14)25-17(20)19-16(22)11-4-3-5-12(18)9-11/h3-7,9-10H,2,8H2,1H3. The molecule has 0 spiro atoms. The highest BCUT2D eigenvalue weighted by atomic mass is 79.9. The summed E-state index contributed by atoms with van der Waals surface area (Å²) in [6.07, 6.45) is 0.862. The molecule has 1 aromatic heterocycles. The monoisotopic (exact) mass is 419 g/mol. The Labute approximate surface area is 155 Å². The fourth-order valence-electron chi connectivity index (χ4n) is 2.47. The Morgan fingerprint density at radius 3 is 2.80 bits per heavy atom. The average molecular weight is 420 g/mol. The van der Waals surface area contributed by atoms with Crippen LogP contribution in [0.15, 0.2) is 51.9 Å². The van der Waals surface area contributed by atoms with Gasteiger partial charge in [0.15, 0.2) is 4.80 Å². The Hall–Kier alpha value is -2.32. The Kier molecular flexibility index (Phi) is 5.10. The van der Waals surface area contributed by atoms with Crippen molar-refractivity contribution in [1.82, 2.24) is 4.57 Å². The fraction of sp³-hybridized carbons (Fsp3) is 0.176. The molecule has 0 aliphatic carbocycles. The molecule has 1 amide bonds. The second-order valence-electron chi connectivity index (χ2n) is 5.37. The van der Waals surface area contributed by atoms with E-state index in [2.05, 4.69) is 20.9 Å². The van der Waals surface area contributed by atoms with E-state index >= 15 is 0 Å². The lowest BCUT2D eigenvalue weighted by Gasteiger charge is -2.02. The summed E-state index contributed by atoms with van der Waals surface area (Å²) in [5, 5.41) is 11.0. The number of aromatic nitrogens is 1. The van der Waals surface area contributed by atoms with Gasteiger partial charge in [0.25, 0.3) is 11.6 Å². The minimum absolute atomic E-state index is 0.0299. The van der Waals surface area contributed by atoms with Crippen molar-refractivity contribution >= 4 is 49.1 Å². The highest BCUT2D eigenvalue weighted by Gasteiger charge is 2.13. The molecule has 0 saturated carbocycles. The minimum atomic E-state index is -0.424. The predicted octanol–water partition coefficient (Wildman–Crippen LogP) is 4.52. The fourth-order valence-corrected chi connectivity index (χ4v) is 3.96. The van der Waals surface area contributed by atoms with E-state index in [-0.39, 0.29) is 11.6 Å². The van der Waals surface area contributed by atoms with E-state index < -0.39 is 4.92 Å². The molecule has 0 atom stereocenters. The molecule has 8 heteroatoms. The maximum atomic E-state index is 12.5. The number of benzene rings is 2. The van der Waals surface area contributed by atoms with Gasteiger partial charge in [0.05, 0.1) is 15.1 Å². The molecule has 25 heavy (non-hydrogen) atoms. The lowest BCUT2D eigenvalue weighted by molar-refractivity contribution is -0.384. The zero-order valence-corrected chi connectivity index (χ0v) is 15.7. The molecule has 0 saturated heterocycles. The van der Waals surface area contributed by atoms with Crippen molar-refractivity contribution < 1.29 is 9.72 Å². The van der Waals surface area contributed by atoms with Gasteiger partial charge in [0.1, 0.15) is 0 Å². The maximum Gasteiger partial charge on any atom is 0.279 e. The van der Waals surface area contributed by atoms with Gasteiger partial charge in [-0.05, 0) is 30.7 Å². The third kappa shape index (κ3) is 3.69. The van der Waals surface area contributed by atoms with Crippen LogP contribution in [0.3, 0.4) is 0 Å². The Balaban J connectivity index is 2.15. The molecule has 3 aromatic rings. The number of thiazole rings is 1. The lowest BCUT2D eigenvalue weighted by Crippen LogP contribution is -2.16. The van der Waals surface area contributed by atoms with Crippen molar-refractivity contribution in [3.63, 3.8) is 0 Å². The van der Waals surface area contributed by atoms with Crippen molar-refractivity contribution in [2.45, 2.75) is 19.9 Å². The number of hydrogen-bond donors (Lipinski definition) is 0. The first kappa shape index (κ1) is 17.5. The molecular formula is C17H14BrN3O3S. The van der Waals surface area contributed by atoms with Crippen LogP contribution in [-0.2, 0) is 6.54 Å². The summed E-state index contributed by atoms with van der Waals surface area (Å²) in [4.78, 5) is 27.8. The number of nitro benzene ring substituents is 1. The molecule has 0 radical (unpaired) electrons. The first-order valence-corrected chi connectivity index (χ1v) is 9.23. The van der Waals surface area contributed by atoms with Gasteiger partial charge in [-0.1, -0.05) is 40.3 Å². The third-order valence-electron chi connectivity index (χ3n) is 3.59. The van der Waals surface area contributed by atoms with E-state index in [1.54, 1.807) is 24.3 Å². The molecule has 2 aromatic carbocycles. The molecule has 0 aliphatic rings. The highest BCUT2D eigenvalue weighted by Crippen LogP contribution is 2.23. The van der Waals surface area contributed by atoms with Gasteiger partial charge < -0.3 is 4.57 Å². The molecule has 128 valence electrons. The van der Waals surface area contributed by atoms with Gasteiger partial charge in [-0.3, -0.25) is 14.9 Å². The third-order valence-corrected chi connectivity index (χ3v) is 5.13. The topological polar surface area (TPSA) is 77.5 Å². The van der Waals surface area contributed by atoms with E-state index in [0.717, 1.165) is 21.1 Å². The second-order valence-corrected chi connectivity index (χ2v) is 7.30. The van der Waals surface area contributed by atoms with Gasteiger partial charge >= 0.3 is 0 Å². The number of nitro groups is 1. The van der Waals surface area contributed by atoms with Crippen molar-refractivity contribution in [2.75, 3.05) is 0 Å². The zero-order chi connectivity index (χ0) is 18.0. The molecule has 0 fully saturated rings. The van der Waals surface area contributed by atoms with Crippen LogP contribution in [0.5, 0.6) is 0 Å². The van der Waals surface area contributed by atoms with Crippen molar-refractivity contribution in [3.05, 3.63) is 67.4 Å². The second kappa shape index (κ2) is 7.28. The average Bonchev–Trinajstić information content (AvgIpc) is 2.92. The Bertz CT molecular complexity index is 1040. The molecule has 6 nitrogen and oxygen atoms in total. The molecule has 3 rings (SSSR count). The number of fused-ring (bicyclic) bond motifs is 1. The molecule has 0 N–H and O–H groups in total. The normalized spacial score (nSPS) is 11.8. The number of amides is 1. The van der Waals surface area contributed by atoms with Crippen molar-refractivity contribution in [1.29, 1.82) is 0 Å². The van der Waals surface area contributed by atoms with Crippen LogP contribution in [0.1, 0.15) is 23.7 Å². The summed E-state index contributed by atoms with van der Waals surface area (Å²) in [5.41, 5.74) is 1.36. The van der Waals surface area contributed by atoms with Gasteiger partial charge in [-0.2, -0.15) is 4.99 Å². The molecule has 1 heterocycles. The van der Waals surface area contributed by atoms with Gasteiger partial charge in [-0.25, -0.2) is 0 Å². The Morgan fingerprint density at radius 1 is 1.32 bits per heavy atom. The number of halogens is 1. The Morgan fingerprint density at radius 2 is 2.12 bits per heavy atom. The number of aryl methyl sites for hydroxylation is 1. The predicted molar refractivity (Wildman–Crippen MR) is 101 cm³/mol. The smallest absolute Gasteiger partial charge is 0.279 e. The van der Waals surface area contributed by atoms with Crippen LogP contribution in [-0.4, -0.2) is 15.4 Å². The number of non-ortho nitro benzene ring substituents is 1. The zero-order valence-electron chi connectivity index (χ0n) is 13.3. The van der Waals surface area contributed by atoms with Gasteiger partial charge in [-0.15, -0.1) is 0 Å². The van der Waals surface area contributed by atoms with Gasteiger partial charge in [0.2, 0.25) is 0 Å². The molecule has 0 bridgehead atoms. The first-order chi connectivity index (χ1) is 12.0. The quantitative estimate of drug-likeness (QED) is 0.460. The largest absolute Gasteiger partial charge is 0.316 e. The molecular weight excluding hydrogens is 406 g/mol. The number of nitrogens with zero attached hydrogens (tertiary/aromatic N) is 3. The maximum absolute atomic E-state index is 12.5. The molecule has 0 aliphatic heterocycles. The first-order valence-electron chi connectivity index (χ1n) is 7.62. The lowest BCUT2D eigenvalue weighted by atomic mass is 10.2. The van der Waals surface area contributed by atoms with E-state index in [0.29, 0.717) is 16.9 Å². The SMILES string of the molecule is CCCn1c(=NC(=O)c2cccc(Br)c2)sc2cc([N+](=O)[O-])ccc21. The summed E-state index contributed by atoms with van der Waals surface area (Å²) < 4.78 is 3.48. The molecule has 0 unspecified atom stereocenters. The van der Waals surface area contributed by atoms with Crippen LogP contribution in [0.2, 0.25) is 0 Å². The van der Waals surface area contributed by atoms with Crippen LogP contribution in [0, 0.1) is 10.1 Å². The van der Waals surface area contributed by atoms with Crippen molar-refractivity contribution in [2.24, 2.45) is 4.99 Å². The van der Waals surface area contributed by atoms with Crippen LogP contribution >= 0.6 is 27.3 Å². The summed E-state index contributed by atoms with van der Waals surface area (Å²) in [6.45, 7) is 2.71. The number of hydrogen-bond acceptors (Lipinski definition) is 4. The van der Waals surface area contributed by atoms with E-state index in [1.807, 2.05) is 17.6 Å². The van der Waals surface area contributed by atoms with Gasteiger partial charge in [0, 0.05) is 28.7 Å². The van der Waals surface area contributed by atoms with E-state index in [1.165, 1.54) is 23.5 Å². The number of rotatable bonds is 4. The summed E-state index contributed by atoms with van der Waals surface area (Å²) >= 11 is 4.63. The van der Waals surface area contributed by atoms with E-state index in [9.17, 15) is 14.9 Å². The van der Waals surface area contributed by atoms with E-state index in [4.69, 9.17) is 0 Å². The summed E-state index contributed by atoms with van der Waals surface area (Å²) in [6, 6.07) is 11.7. The van der Waals surface area contributed by atoms with Crippen LogP contribution < -0.4 is 4.80 Å². The van der Waals surface area contributed by atoms with Crippen LogP contribution in [0.25, 0.3) is 10.2 Å². The minimum Gasteiger partial charge on any atom is -0.316 e. The number of carbonyl (C=O) groups excluding carboxylic acids is 1. The summed E-state index contributed by atoms with van der Waals surface area (Å²) in [5.74, 6) is -0.341. The van der Waals surface area contributed by atoms with Crippen molar-refractivity contribution in [3.8, 4) is 0 Å².